The second-order valence-electron chi connectivity index (χ2n) is 9.77. The summed E-state index contributed by atoms with van der Waals surface area (Å²) in [6, 6.07) is 19.5. The van der Waals surface area contributed by atoms with Crippen LogP contribution in [0, 0.1) is 10.1 Å². The molecule has 0 saturated heterocycles. The average molecular weight is 563 g/mol. The largest absolute Gasteiger partial charge is 0.361 e. The van der Waals surface area contributed by atoms with E-state index in [1.54, 1.807) is 30.5 Å². The predicted octanol–water partition coefficient (Wildman–Crippen LogP) is 6.07. The quantitative estimate of drug-likeness (QED) is 0.210. The van der Waals surface area contributed by atoms with Gasteiger partial charge in [-0.1, -0.05) is 34.1 Å². The smallest absolute Gasteiger partial charge is 0.269 e. The third-order valence-corrected chi connectivity index (χ3v) is 6.34. The van der Waals surface area contributed by atoms with Gasteiger partial charge in [-0.25, -0.2) is 0 Å². The summed E-state index contributed by atoms with van der Waals surface area (Å²) in [6.07, 6.45) is 1.85. The summed E-state index contributed by atoms with van der Waals surface area (Å²) in [6.45, 7) is 5.57. The number of aromatic nitrogens is 1. The van der Waals surface area contributed by atoms with E-state index in [-0.39, 0.29) is 18.0 Å². The minimum absolute atomic E-state index is 0.0480. The molecule has 2 N–H and O–H groups in total. The van der Waals surface area contributed by atoms with Crippen LogP contribution >= 0.6 is 15.9 Å². The number of carbonyl (C=O) groups excluding carboxylic acids is 2. The van der Waals surface area contributed by atoms with Crippen molar-refractivity contribution in [3.63, 3.8) is 0 Å². The topological polar surface area (TPSA) is 108 Å². The molecule has 9 heteroatoms. The Balaban J connectivity index is 1.82. The number of para-hydroxylation sites is 1. The number of rotatable bonds is 7. The Morgan fingerprint density at radius 1 is 1.03 bits per heavy atom. The molecule has 0 radical (unpaired) electrons. The molecule has 4 rings (SSSR count). The van der Waals surface area contributed by atoms with Crippen LogP contribution in [-0.2, 0) is 16.0 Å². The van der Waals surface area contributed by atoms with E-state index in [0.717, 1.165) is 20.9 Å². The molecule has 1 unspecified atom stereocenters. The zero-order valence-corrected chi connectivity index (χ0v) is 22.3. The summed E-state index contributed by atoms with van der Waals surface area (Å²) in [5.74, 6) is -0.684. The summed E-state index contributed by atoms with van der Waals surface area (Å²) < 4.78 is 0.825. The fourth-order valence-electron chi connectivity index (χ4n) is 4.20. The Labute approximate surface area is 223 Å². The normalized spacial score (nSPS) is 12.2. The van der Waals surface area contributed by atoms with Crippen LogP contribution in [0.1, 0.15) is 37.9 Å². The fourth-order valence-corrected chi connectivity index (χ4v) is 4.46. The van der Waals surface area contributed by atoms with Crippen LogP contribution in [0.25, 0.3) is 10.9 Å². The summed E-state index contributed by atoms with van der Waals surface area (Å²) in [4.78, 5) is 43.1. The summed E-state index contributed by atoms with van der Waals surface area (Å²) in [7, 11) is 0. The number of aromatic amines is 1. The molecule has 1 heterocycles. The van der Waals surface area contributed by atoms with E-state index in [1.165, 1.54) is 29.2 Å². The lowest BCUT2D eigenvalue weighted by Crippen LogP contribution is -2.49. The third-order valence-electron chi connectivity index (χ3n) is 5.81. The molecule has 0 aliphatic heterocycles. The van der Waals surface area contributed by atoms with Crippen molar-refractivity contribution in [3.8, 4) is 0 Å². The molecule has 0 aliphatic rings. The standard InChI is InChI=1S/C28H27BrN4O4/c1-28(2,3)31-27(35)26(18-8-12-22(13-9-18)33(36)37)32(21-14-10-20(29)11-15-21)25(34)16-19-17-30-24-7-5-4-6-23(19)24/h4-15,17,26,30H,16H2,1-3H3,(H,31,35). The van der Waals surface area contributed by atoms with Crippen molar-refractivity contribution in [1.82, 2.24) is 10.3 Å². The third kappa shape index (κ3) is 6.06. The van der Waals surface area contributed by atoms with E-state index >= 15 is 0 Å². The lowest BCUT2D eigenvalue weighted by Gasteiger charge is -2.34. The molecular formula is C28H27BrN4O4. The van der Waals surface area contributed by atoms with Gasteiger partial charge in [0.2, 0.25) is 11.8 Å². The van der Waals surface area contributed by atoms with Gasteiger partial charge in [-0.2, -0.15) is 0 Å². The number of nitrogens with one attached hydrogen (secondary N) is 2. The summed E-state index contributed by atoms with van der Waals surface area (Å²) in [5, 5.41) is 15.1. The Morgan fingerprint density at radius 2 is 1.68 bits per heavy atom. The zero-order valence-electron chi connectivity index (χ0n) is 20.7. The maximum atomic E-state index is 14.0. The highest BCUT2D eigenvalue weighted by atomic mass is 79.9. The van der Waals surface area contributed by atoms with Gasteiger partial charge < -0.3 is 10.3 Å². The van der Waals surface area contributed by atoms with Crippen molar-refractivity contribution in [3.05, 3.63) is 105 Å². The van der Waals surface area contributed by atoms with E-state index < -0.39 is 22.4 Å². The molecule has 4 aromatic rings. The molecule has 8 nitrogen and oxygen atoms in total. The van der Waals surface area contributed by atoms with Gasteiger partial charge in [0.1, 0.15) is 6.04 Å². The minimum atomic E-state index is -1.06. The molecule has 0 bridgehead atoms. The van der Waals surface area contributed by atoms with Crippen LogP contribution in [-0.4, -0.2) is 27.3 Å². The first kappa shape index (κ1) is 26.1. The van der Waals surface area contributed by atoms with Crippen molar-refractivity contribution in [2.75, 3.05) is 4.90 Å². The van der Waals surface area contributed by atoms with E-state index in [1.807, 2.05) is 45.0 Å². The van der Waals surface area contributed by atoms with Gasteiger partial charge in [-0.05, 0) is 74.4 Å². The number of carbonyl (C=O) groups is 2. The molecule has 2 amide bonds. The molecule has 0 saturated carbocycles. The van der Waals surface area contributed by atoms with Crippen LogP contribution in [0.2, 0.25) is 0 Å². The first-order valence-corrected chi connectivity index (χ1v) is 12.5. The number of benzene rings is 3. The van der Waals surface area contributed by atoms with Gasteiger partial charge in [0.15, 0.2) is 0 Å². The molecule has 1 atom stereocenters. The Morgan fingerprint density at radius 3 is 2.30 bits per heavy atom. The molecule has 3 aromatic carbocycles. The monoisotopic (exact) mass is 562 g/mol. The first-order chi connectivity index (χ1) is 17.5. The summed E-state index contributed by atoms with van der Waals surface area (Å²) >= 11 is 3.43. The van der Waals surface area contributed by atoms with Crippen molar-refractivity contribution >= 4 is 50.0 Å². The second kappa shape index (κ2) is 10.6. The Hall–Kier alpha value is -3.98. The lowest BCUT2D eigenvalue weighted by molar-refractivity contribution is -0.384. The molecule has 0 fully saturated rings. The predicted molar refractivity (Wildman–Crippen MR) is 147 cm³/mol. The molecule has 0 aliphatic carbocycles. The van der Waals surface area contributed by atoms with Gasteiger partial charge in [0.05, 0.1) is 11.3 Å². The molecular weight excluding hydrogens is 536 g/mol. The number of halogens is 1. The van der Waals surface area contributed by atoms with E-state index in [4.69, 9.17) is 0 Å². The number of nitro benzene ring substituents is 1. The van der Waals surface area contributed by atoms with Crippen molar-refractivity contribution in [1.29, 1.82) is 0 Å². The van der Waals surface area contributed by atoms with Gasteiger partial charge >= 0.3 is 0 Å². The lowest BCUT2D eigenvalue weighted by atomic mass is 9.99. The van der Waals surface area contributed by atoms with Crippen molar-refractivity contribution in [2.24, 2.45) is 0 Å². The SMILES string of the molecule is CC(C)(C)NC(=O)C(c1ccc([N+](=O)[O-])cc1)N(C(=O)Cc1c[nH]c2ccccc12)c1ccc(Br)cc1. The number of H-pyrrole nitrogens is 1. The Kier molecular flexibility index (Phi) is 7.45. The van der Waals surface area contributed by atoms with Crippen molar-refractivity contribution < 1.29 is 14.5 Å². The van der Waals surface area contributed by atoms with Crippen molar-refractivity contribution in [2.45, 2.75) is 38.8 Å². The number of fused-ring (bicyclic) bond motifs is 1. The highest BCUT2D eigenvalue weighted by Gasteiger charge is 2.35. The van der Waals surface area contributed by atoms with E-state index in [2.05, 4.69) is 26.2 Å². The first-order valence-electron chi connectivity index (χ1n) is 11.7. The average Bonchev–Trinajstić information content (AvgIpc) is 3.25. The summed E-state index contributed by atoms with van der Waals surface area (Å²) in [5.41, 5.74) is 2.04. The fraction of sp³-hybridized carbons (Fsp3) is 0.214. The molecule has 0 spiro atoms. The number of amides is 2. The number of nitrogens with zero attached hydrogens (tertiary/aromatic N) is 2. The number of hydrogen-bond donors (Lipinski definition) is 2. The molecule has 190 valence electrons. The van der Waals surface area contributed by atoms with Crippen LogP contribution in [0.5, 0.6) is 0 Å². The minimum Gasteiger partial charge on any atom is -0.361 e. The number of non-ortho nitro benzene ring substituents is 1. The Bertz CT molecular complexity index is 1440. The molecule has 37 heavy (non-hydrogen) atoms. The number of anilines is 1. The number of nitro groups is 1. The zero-order chi connectivity index (χ0) is 26.7. The van der Waals surface area contributed by atoms with E-state index in [9.17, 15) is 19.7 Å². The van der Waals surface area contributed by atoms with Gasteiger partial charge in [0, 0.05) is 44.9 Å². The van der Waals surface area contributed by atoms with Gasteiger partial charge in [-0.3, -0.25) is 24.6 Å². The van der Waals surface area contributed by atoms with Crippen LogP contribution < -0.4 is 10.2 Å². The van der Waals surface area contributed by atoms with E-state index in [0.29, 0.717) is 11.3 Å². The van der Waals surface area contributed by atoms with Gasteiger partial charge in [-0.15, -0.1) is 0 Å². The highest BCUT2D eigenvalue weighted by Crippen LogP contribution is 2.32. The second-order valence-corrected chi connectivity index (χ2v) is 10.7. The number of hydrogen-bond acceptors (Lipinski definition) is 4. The van der Waals surface area contributed by atoms with Crippen LogP contribution in [0.15, 0.2) is 83.5 Å². The maximum absolute atomic E-state index is 14.0. The highest BCUT2D eigenvalue weighted by molar-refractivity contribution is 9.10. The van der Waals surface area contributed by atoms with Crippen LogP contribution in [0.3, 0.4) is 0 Å². The maximum Gasteiger partial charge on any atom is 0.269 e. The van der Waals surface area contributed by atoms with Gasteiger partial charge in [0.25, 0.3) is 5.69 Å². The van der Waals surface area contributed by atoms with Crippen LogP contribution in [0.4, 0.5) is 11.4 Å². The molecule has 1 aromatic heterocycles.